The van der Waals surface area contributed by atoms with Crippen LogP contribution in [0.1, 0.15) is 60.8 Å². The molecule has 7 unspecified atom stereocenters. The van der Waals surface area contributed by atoms with E-state index in [9.17, 15) is 9.59 Å². The summed E-state index contributed by atoms with van der Waals surface area (Å²) in [5, 5.41) is 6.28. The second kappa shape index (κ2) is 11.0. The monoisotopic (exact) mass is 383 g/mol. The normalized spacial score (nSPS) is 28.4. The summed E-state index contributed by atoms with van der Waals surface area (Å²) in [6.45, 7) is 12.8. The summed E-state index contributed by atoms with van der Waals surface area (Å²) in [4.78, 5) is 27.1. The molecule has 6 heteroatoms. The first-order chi connectivity index (χ1) is 12.7. The van der Waals surface area contributed by atoms with E-state index in [0.29, 0.717) is 17.9 Å². The molecule has 2 N–H and O–H groups in total. The van der Waals surface area contributed by atoms with Gasteiger partial charge >= 0.3 is 0 Å². The minimum absolute atomic E-state index is 0.00225. The lowest BCUT2D eigenvalue weighted by molar-refractivity contribution is -0.138. The molecule has 0 aromatic carbocycles. The number of hydrogen-bond donors (Lipinski definition) is 2. The molecule has 1 heterocycles. The number of nitrogens with zero attached hydrogens (tertiary/aromatic N) is 1. The fraction of sp³-hybridized carbons (Fsp3) is 0.905. The number of amides is 2. The van der Waals surface area contributed by atoms with Crippen LogP contribution in [0, 0.1) is 17.8 Å². The fourth-order valence-corrected chi connectivity index (χ4v) is 4.36. The first kappa shape index (κ1) is 23.9. The predicted molar refractivity (Wildman–Crippen MR) is 109 cm³/mol. The van der Waals surface area contributed by atoms with Crippen molar-refractivity contribution in [1.29, 1.82) is 0 Å². The number of methoxy groups -OCH3 is 1. The summed E-state index contributed by atoms with van der Waals surface area (Å²) in [6.07, 6.45) is 2.80. The highest BCUT2D eigenvalue weighted by Crippen LogP contribution is 2.28. The Hall–Kier alpha value is -1.14. The van der Waals surface area contributed by atoms with Crippen LogP contribution in [0.2, 0.25) is 0 Å². The highest BCUT2D eigenvalue weighted by atomic mass is 16.5. The zero-order valence-electron chi connectivity index (χ0n) is 18.5. The first-order valence-electron chi connectivity index (χ1n) is 10.5. The molecule has 0 aromatic rings. The van der Waals surface area contributed by atoms with Gasteiger partial charge in [0.05, 0.1) is 24.7 Å². The van der Waals surface area contributed by atoms with Crippen molar-refractivity contribution in [2.75, 3.05) is 20.7 Å². The molecular formula is C21H41N3O3. The van der Waals surface area contributed by atoms with Crippen LogP contribution >= 0.6 is 0 Å². The van der Waals surface area contributed by atoms with Gasteiger partial charge in [0.25, 0.3) is 0 Å². The Morgan fingerprint density at radius 3 is 2.22 bits per heavy atom. The van der Waals surface area contributed by atoms with E-state index in [4.69, 9.17) is 4.74 Å². The van der Waals surface area contributed by atoms with E-state index < -0.39 is 0 Å². The van der Waals surface area contributed by atoms with Crippen molar-refractivity contribution in [3.8, 4) is 0 Å². The molecule has 1 saturated heterocycles. The number of likely N-dealkylation sites (N-methyl/N-ethyl adjacent to an activating group) is 1. The van der Waals surface area contributed by atoms with Gasteiger partial charge in [0.2, 0.25) is 11.8 Å². The lowest BCUT2D eigenvalue weighted by Gasteiger charge is -2.37. The summed E-state index contributed by atoms with van der Waals surface area (Å²) in [5.74, 6) is 0.877. The van der Waals surface area contributed by atoms with Gasteiger partial charge in [-0.05, 0) is 30.6 Å². The topological polar surface area (TPSA) is 70.7 Å². The van der Waals surface area contributed by atoms with Crippen LogP contribution in [0.4, 0.5) is 0 Å². The third-order valence-corrected chi connectivity index (χ3v) is 6.67. The summed E-state index contributed by atoms with van der Waals surface area (Å²) in [5.41, 5.74) is 0. The van der Waals surface area contributed by atoms with Gasteiger partial charge in [-0.15, -0.1) is 0 Å². The maximum atomic E-state index is 12.8. The second-order valence-corrected chi connectivity index (χ2v) is 8.16. The number of carbonyl (C=O) groups is 2. The third kappa shape index (κ3) is 5.67. The van der Waals surface area contributed by atoms with Crippen LogP contribution in [0.25, 0.3) is 0 Å². The lowest BCUT2D eigenvalue weighted by atomic mass is 9.89. The van der Waals surface area contributed by atoms with Crippen molar-refractivity contribution in [3.05, 3.63) is 0 Å². The summed E-state index contributed by atoms with van der Waals surface area (Å²) >= 11 is 0. The van der Waals surface area contributed by atoms with Gasteiger partial charge in [0, 0.05) is 20.2 Å². The highest BCUT2D eigenvalue weighted by Gasteiger charge is 2.40. The largest absolute Gasteiger partial charge is 0.379 e. The Bertz CT molecular complexity index is 481. The molecule has 2 amide bonds. The van der Waals surface area contributed by atoms with Crippen molar-refractivity contribution in [3.63, 3.8) is 0 Å². The zero-order chi connectivity index (χ0) is 20.7. The molecule has 0 aromatic heterocycles. The molecule has 6 nitrogen and oxygen atoms in total. The number of hydrogen-bond acceptors (Lipinski definition) is 4. The minimum Gasteiger partial charge on any atom is -0.379 e. The Morgan fingerprint density at radius 1 is 1.15 bits per heavy atom. The Balaban J connectivity index is 2.70. The van der Waals surface area contributed by atoms with Gasteiger partial charge in [0.15, 0.2) is 0 Å². The van der Waals surface area contributed by atoms with Gasteiger partial charge in [0.1, 0.15) is 0 Å². The third-order valence-electron chi connectivity index (χ3n) is 6.67. The molecule has 0 radical (unpaired) electrons. The first-order valence-corrected chi connectivity index (χ1v) is 10.5. The maximum absolute atomic E-state index is 12.8. The Morgan fingerprint density at radius 2 is 1.78 bits per heavy atom. The molecule has 1 rings (SSSR count). The molecule has 1 aliphatic rings. The average Bonchev–Trinajstić information content (AvgIpc) is 2.97. The SMILES string of the molecule is CCC(C)C(C(CC)OC)N(C)C(=O)CNC(=O)C1NC(CC)C(C)C1C. The van der Waals surface area contributed by atoms with Gasteiger partial charge in [-0.3, -0.25) is 9.59 Å². The predicted octanol–water partition coefficient (Wildman–Crippen LogP) is 2.42. The summed E-state index contributed by atoms with van der Waals surface area (Å²) in [6, 6.07) is 0.133. The van der Waals surface area contributed by atoms with E-state index in [2.05, 4.69) is 52.2 Å². The van der Waals surface area contributed by atoms with E-state index in [0.717, 1.165) is 19.3 Å². The number of nitrogens with one attached hydrogen (secondary N) is 2. The van der Waals surface area contributed by atoms with Gasteiger partial charge < -0.3 is 20.3 Å². The van der Waals surface area contributed by atoms with E-state index >= 15 is 0 Å². The molecule has 0 spiro atoms. The van der Waals surface area contributed by atoms with Gasteiger partial charge in [-0.25, -0.2) is 0 Å². The van der Waals surface area contributed by atoms with Crippen LogP contribution < -0.4 is 10.6 Å². The van der Waals surface area contributed by atoms with Gasteiger partial charge in [-0.2, -0.15) is 0 Å². The molecule has 0 bridgehead atoms. The Kier molecular flexibility index (Phi) is 9.74. The summed E-state index contributed by atoms with van der Waals surface area (Å²) < 4.78 is 5.62. The Labute approximate surface area is 165 Å². The zero-order valence-corrected chi connectivity index (χ0v) is 18.5. The van der Waals surface area contributed by atoms with Crippen molar-refractivity contribution < 1.29 is 14.3 Å². The van der Waals surface area contributed by atoms with Crippen molar-refractivity contribution in [1.82, 2.24) is 15.5 Å². The highest BCUT2D eigenvalue weighted by molar-refractivity contribution is 5.88. The minimum atomic E-state index is -0.226. The molecule has 0 aliphatic carbocycles. The van der Waals surface area contributed by atoms with Crippen LogP contribution in [0.3, 0.4) is 0 Å². The standard InChI is InChI=1S/C21H41N3O3/c1-9-13(4)20(17(11-3)27-8)24(7)18(25)12-22-21(26)19-15(6)14(5)16(10-2)23-19/h13-17,19-20,23H,9-12H2,1-8H3,(H,22,26). The van der Waals surface area contributed by atoms with Crippen molar-refractivity contribution in [2.45, 2.75) is 85.0 Å². The van der Waals surface area contributed by atoms with Crippen LogP contribution in [0.15, 0.2) is 0 Å². The maximum Gasteiger partial charge on any atom is 0.242 e. The number of ether oxygens (including phenoxy) is 1. The van der Waals surface area contributed by atoms with Crippen LogP contribution in [-0.4, -0.2) is 61.6 Å². The fourth-order valence-electron chi connectivity index (χ4n) is 4.36. The molecule has 0 saturated carbocycles. The molecule has 7 atom stereocenters. The van der Waals surface area contributed by atoms with Crippen LogP contribution in [0.5, 0.6) is 0 Å². The van der Waals surface area contributed by atoms with E-state index in [-0.39, 0.29) is 42.5 Å². The molecule has 1 fully saturated rings. The molecule has 1 aliphatic heterocycles. The smallest absolute Gasteiger partial charge is 0.242 e. The average molecular weight is 384 g/mol. The molecular weight excluding hydrogens is 342 g/mol. The molecule has 158 valence electrons. The van der Waals surface area contributed by atoms with E-state index in [1.54, 1.807) is 12.0 Å². The second-order valence-electron chi connectivity index (χ2n) is 8.16. The van der Waals surface area contributed by atoms with Crippen LogP contribution in [-0.2, 0) is 14.3 Å². The molecule has 27 heavy (non-hydrogen) atoms. The quantitative estimate of drug-likeness (QED) is 0.608. The lowest BCUT2D eigenvalue weighted by Crippen LogP contribution is -2.53. The van der Waals surface area contributed by atoms with Crippen molar-refractivity contribution >= 4 is 11.8 Å². The summed E-state index contributed by atoms with van der Waals surface area (Å²) in [7, 11) is 3.51. The number of rotatable bonds is 10. The number of carbonyl (C=O) groups excluding carboxylic acids is 2. The van der Waals surface area contributed by atoms with E-state index in [1.807, 2.05) is 7.05 Å². The van der Waals surface area contributed by atoms with Crippen molar-refractivity contribution in [2.24, 2.45) is 17.8 Å². The van der Waals surface area contributed by atoms with Gasteiger partial charge in [-0.1, -0.05) is 48.0 Å². The van der Waals surface area contributed by atoms with E-state index in [1.165, 1.54) is 0 Å².